The molecule has 122 valence electrons. The van der Waals surface area contributed by atoms with Crippen LogP contribution in [0.15, 0.2) is 0 Å². The Bertz CT molecular complexity index is 351. The van der Waals surface area contributed by atoms with Crippen LogP contribution < -0.4 is 0 Å². The summed E-state index contributed by atoms with van der Waals surface area (Å²) in [6.45, 7) is 21.2. The van der Waals surface area contributed by atoms with Gasteiger partial charge < -0.3 is 4.90 Å². The predicted molar refractivity (Wildman–Crippen MR) is 89.6 cm³/mol. The summed E-state index contributed by atoms with van der Waals surface area (Å²) in [5.41, 5.74) is 0.680. The molecule has 21 heavy (non-hydrogen) atoms. The van der Waals surface area contributed by atoms with Gasteiger partial charge in [0.25, 0.3) is 0 Å². The molecule has 3 heteroatoms. The van der Waals surface area contributed by atoms with E-state index in [4.69, 9.17) is 0 Å². The molecule has 0 radical (unpaired) electrons. The Morgan fingerprint density at radius 2 is 1.71 bits per heavy atom. The minimum atomic E-state index is 0.680. The number of piperidine rings is 1. The molecule has 0 aromatic carbocycles. The van der Waals surface area contributed by atoms with E-state index in [1.165, 1.54) is 52.2 Å². The van der Waals surface area contributed by atoms with E-state index in [0.717, 1.165) is 23.9 Å². The van der Waals surface area contributed by atoms with E-state index in [2.05, 4.69) is 49.3 Å². The van der Waals surface area contributed by atoms with Crippen molar-refractivity contribution in [3.8, 4) is 0 Å². The van der Waals surface area contributed by atoms with Crippen LogP contribution in [-0.4, -0.2) is 72.6 Å². The summed E-state index contributed by atoms with van der Waals surface area (Å²) in [4.78, 5) is 8.12. The molecule has 3 aliphatic rings. The predicted octanol–water partition coefficient (Wildman–Crippen LogP) is 2.38. The van der Waals surface area contributed by atoms with Crippen molar-refractivity contribution in [3.05, 3.63) is 0 Å². The van der Waals surface area contributed by atoms with Gasteiger partial charge in [0.1, 0.15) is 0 Å². The van der Waals surface area contributed by atoms with Gasteiger partial charge in [0.2, 0.25) is 0 Å². The van der Waals surface area contributed by atoms with Crippen LogP contribution in [0.25, 0.3) is 0 Å². The zero-order valence-electron chi connectivity index (χ0n) is 14.8. The Morgan fingerprint density at radius 1 is 1.05 bits per heavy atom. The molecule has 1 spiro atoms. The van der Waals surface area contributed by atoms with E-state index in [1.54, 1.807) is 0 Å². The van der Waals surface area contributed by atoms with Gasteiger partial charge in [-0.25, -0.2) is 0 Å². The first-order valence-electron chi connectivity index (χ1n) is 9.09. The molecule has 0 amide bonds. The van der Waals surface area contributed by atoms with Gasteiger partial charge in [-0.1, -0.05) is 20.8 Å². The lowest BCUT2D eigenvalue weighted by atomic mass is 9.70. The maximum atomic E-state index is 2.80. The van der Waals surface area contributed by atoms with E-state index in [0.29, 0.717) is 5.41 Å². The molecule has 3 aliphatic heterocycles. The van der Waals surface area contributed by atoms with E-state index < -0.39 is 0 Å². The Hall–Kier alpha value is -0.120. The molecule has 0 N–H and O–H groups in total. The van der Waals surface area contributed by atoms with E-state index in [9.17, 15) is 0 Å². The fourth-order valence-corrected chi connectivity index (χ4v) is 4.87. The molecule has 3 nitrogen and oxygen atoms in total. The monoisotopic (exact) mass is 293 g/mol. The minimum Gasteiger partial charge on any atom is -0.303 e. The summed E-state index contributed by atoms with van der Waals surface area (Å²) in [5.74, 6) is 1.65. The third-order valence-corrected chi connectivity index (χ3v) is 5.92. The van der Waals surface area contributed by atoms with Crippen molar-refractivity contribution in [2.45, 2.75) is 53.1 Å². The summed E-state index contributed by atoms with van der Waals surface area (Å²) >= 11 is 0. The topological polar surface area (TPSA) is 9.72 Å². The SMILES string of the molecule is CC(C)CN1CCC(N2CC3(CN(C(C)C)C3)C2)C(C)C1. The largest absolute Gasteiger partial charge is 0.303 e. The number of nitrogens with zero attached hydrogens (tertiary/aromatic N) is 3. The fraction of sp³-hybridized carbons (Fsp3) is 1.00. The third-order valence-electron chi connectivity index (χ3n) is 5.92. The molecule has 3 saturated heterocycles. The van der Waals surface area contributed by atoms with E-state index >= 15 is 0 Å². The average molecular weight is 293 g/mol. The quantitative estimate of drug-likeness (QED) is 0.788. The summed E-state index contributed by atoms with van der Waals surface area (Å²) in [7, 11) is 0. The zero-order valence-corrected chi connectivity index (χ0v) is 14.8. The van der Waals surface area contributed by atoms with Gasteiger partial charge in [0.15, 0.2) is 0 Å². The van der Waals surface area contributed by atoms with Crippen LogP contribution in [0.3, 0.4) is 0 Å². The first-order valence-corrected chi connectivity index (χ1v) is 9.09. The Balaban J connectivity index is 1.44. The maximum absolute atomic E-state index is 2.80. The zero-order chi connectivity index (χ0) is 15.2. The van der Waals surface area contributed by atoms with E-state index in [1.807, 2.05) is 0 Å². The van der Waals surface area contributed by atoms with Gasteiger partial charge in [-0.05, 0) is 38.6 Å². The first kappa shape index (κ1) is 15.8. The van der Waals surface area contributed by atoms with Gasteiger partial charge in [0.05, 0.1) is 0 Å². The number of rotatable bonds is 4. The molecule has 3 heterocycles. The number of hydrogen-bond acceptors (Lipinski definition) is 3. The molecule has 0 aromatic heterocycles. The molecule has 2 atom stereocenters. The highest BCUT2D eigenvalue weighted by Gasteiger charge is 2.54. The Labute approximate surface area is 131 Å². The maximum Gasteiger partial charge on any atom is 0.0212 e. The molecule has 2 unspecified atom stereocenters. The third kappa shape index (κ3) is 3.16. The normalized spacial score (nSPS) is 34.4. The smallest absolute Gasteiger partial charge is 0.0212 e. The van der Waals surface area contributed by atoms with Crippen LogP contribution in [0.2, 0.25) is 0 Å². The summed E-state index contributed by atoms with van der Waals surface area (Å²) in [6, 6.07) is 1.59. The van der Waals surface area contributed by atoms with Crippen LogP contribution in [0.1, 0.15) is 41.0 Å². The highest BCUT2D eigenvalue weighted by atomic mass is 15.3. The molecule has 0 aromatic rings. The lowest BCUT2D eigenvalue weighted by Crippen LogP contribution is -2.75. The van der Waals surface area contributed by atoms with Crippen molar-refractivity contribution in [1.29, 1.82) is 0 Å². The molecule has 0 saturated carbocycles. The minimum absolute atomic E-state index is 0.680. The molecule has 3 rings (SSSR count). The fourth-order valence-electron chi connectivity index (χ4n) is 4.87. The second kappa shape index (κ2) is 5.82. The lowest BCUT2D eigenvalue weighted by Gasteiger charge is -2.64. The van der Waals surface area contributed by atoms with Crippen molar-refractivity contribution < 1.29 is 0 Å². The van der Waals surface area contributed by atoms with Crippen molar-refractivity contribution in [1.82, 2.24) is 14.7 Å². The molecular formula is C18H35N3. The number of hydrogen-bond donors (Lipinski definition) is 0. The summed E-state index contributed by atoms with van der Waals surface area (Å²) < 4.78 is 0. The van der Waals surface area contributed by atoms with Gasteiger partial charge >= 0.3 is 0 Å². The van der Waals surface area contributed by atoms with Crippen LogP contribution >= 0.6 is 0 Å². The van der Waals surface area contributed by atoms with Crippen LogP contribution in [0, 0.1) is 17.3 Å². The lowest BCUT2D eigenvalue weighted by molar-refractivity contribution is -0.151. The van der Waals surface area contributed by atoms with Crippen molar-refractivity contribution in [2.75, 3.05) is 45.8 Å². The van der Waals surface area contributed by atoms with Crippen molar-refractivity contribution >= 4 is 0 Å². The molecule has 3 fully saturated rings. The van der Waals surface area contributed by atoms with Crippen LogP contribution in [-0.2, 0) is 0 Å². The first-order chi connectivity index (χ1) is 9.88. The van der Waals surface area contributed by atoms with Gasteiger partial charge in [-0.2, -0.15) is 0 Å². The molecule has 0 aliphatic carbocycles. The van der Waals surface area contributed by atoms with Crippen LogP contribution in [0.5, 0.6) is 0 Å². The van der Waals surface area contributed by atoms with Gasteiger partial charge in [-0.15, -0.1) is 0 Å². The van der Waals surface area contributed by atoms with E-state index in [-0.39, 0.29) is 0 Å². The second-order valence-electron chi connectivity index (χ2n) is 8.89. The summed E-state index contributed by atoms with van der Waals surface area (Å²) in [5, 5.41) is 0. The Morgan fingerprint density at radius 3 is 2.24 bits per heavy atom. The standard InChI is InChI=1S/C18H35N3/c1-14(2)8-19-7-6-17(16(5)9-19)21-12-18(13-21)10-20(11-18)15(3)4/h14-17H,6-13H2,1-5H3. The highest BCUT2D eigenvalue weighted by molar-refractivity contribution is 5.08. The van der Waals surface area contributed by atoms with Crippen molar-refractivity contribution in [3.63, 3.8) is 0 Å². The average Bonchev–Trinajstić information content (AvgIpc) is 2.26. The highest BCUT2D eigenvalue weighted by Crippen LogP contribution is 2.43. The second-order valence-corrected chi connectivity index (χ2v) is 8.89. The Kier molecular flexibility index (Phi) is 4.37. The number of likely N-dealkylation sites (tertiary alicyclic amines) is 3. The molecule has 0 bridgehead atoms. The van der Waals surface area contributed by atoms with Gasteiger partial charge in [-0.3, -0.25) is 9.80 Å². The summed E-state index contributed by atoms with van der Waals surface area (Å²) in [6.07, 6.45) is 1.39. The molecular weight excluding hydrogens is 258 g/mol. The van der Waals surface area contributed by atoms with Crippen molar-refractivity contribution in [2.24, 2.45) is 17.3 Å². The van der Waals surface area contributed by atoms with Gasteiger partial charge in [0, 0.05) is 56.8 Å². The van der Waals surface area contributed by atoms with Crippen LogP contribution in [0.4, 0.5) is 0 Å².